The van der Waals surface area contributed by atoms with E-state index in [4.69, 9.17) is 0 Å². The van der Waals surface area contributed by atoms with Crippen LogP contribution in [-0.4, -0.2) is 32.9 Å². The van der Waals surface area contributed by atoms with Crippen LogP contribution in [0.2, 0.25) is 0 Å². The van der Waals surface area contributed by atoms with Gasteiger partial charge >= 0.3 is 0 Å². The Morgan fingerprint density at radius 1 is 1.28 bits per heavy atom. The minimum absolute atomic E-state index is 0.619. The molecule has 1 N–H and O–H groups in total. The van der Waals surface area contributed by atoms with Gasteiger partial charge in [-0.05, 0) is 44.7 Å². The average molecular weight is 263 g/mol. The van der Waals surface area contributed by atoms with Crippen LogP contribution in [0.1, 0.15) is 42.4 Å². The summed E-state index contributed by atoms with van der Waals surface area (Å²) in [6.07, 6.45) is 6.15. The van der Waals surface area contributed by atoms with Gasteiger partial charge in [-0.1, -0.05) is 11.3 Å². The van der Waals surface area contributed by atoms with Gasteiger partial charge in [0.15, 0.2) is 5.82 Å². The van der Waals surface area contributed by atoms with Crippen molar-refractivity contribution in [1.82, 2.24) is 25.1 Å². The molecule has 0 radical (unpaired) electrons. The van der Waals surface area contributed by atoms with Crippen LogP contribution in [0.25, 0.3) is 4.96 Å². The molecule has 1 aliphatic carbocycles. The van der Waals surface area contributed by atoms with Gasteiger partial charge < -0.3 is 5.32 Å². The van der Waals surface area contributed by atoms with E-state index >= 15 is 0 Å². The molecule has 18 heavy (non-hydrogen) atoms. The van der Waals surface area contributed by atoms with Crippen molar-refractivity contribution in [3.63, 3.8) is 0 Å². The highest BCUT2D eigenvalue weighted by Gasteiger charge is 2.30. The fourth-order valence-corrected chi connectivity index (χ4v) is 3.51. The molecule has 0 aromatic carbocycles. The molecule has 0 bridgehead atoms. The second-order valence-corrected chi connectivity index (χ2v) is 6.46. The summed E-state index contributed by atoms with van der Waals surface area (Å²) in [5.74, 6) is 2.53. The number of nitrogens with zero attached hydrogens (tertiary/aromatic N) is 4. The van der Waals surface area contributed by atoms with Crippen molar-refractivity contribution in [3.05, 3.63) is 10.8 Å². The minimum atomic E-state index is 0.619. The largest absolute Gasteiger partial charge is 0.316 e. The molecule has 1 aliphatic heterocycles. The normalized spacial score (nSPS) is 24.1. The van der Waals surface area contributed by atoms with Gasteiger partial charge in [0.05, 0.1) is 0 Å². The van der Waals surface area contributed by atoms with Crippen LogP contribution >= 0.6 is 11.3 Å². The monoisotopic (exact) mass is 263 g/mol. The highest BCUT2D eigenvalue weighted by Crippen LogP contribution is 2.39. The first-order valence-electron chi connectivity index (χ1n) is 6.82. The van der Waals surface area contributed by atoms with E-state index in [2.05, 4.69) is 20.6 Å². The molecule has 2 fully saturated rings. The maximum absolute atomic E-state index is 4.68. The number of aromatic nitrogens is 4. The smallest absolute Gasteiger partial charge is 0.234 e. The SMILES string of the molecule is C1CC(CCc2nn3c(C4CC4)nnc3s2)CN1. The summed E-state index contributed by atoms with van der Waals surface area (Å²) in [6.45, 7) is 2.36. The topological polar surface area (TPSA) is 55.1 Å². The third-order valence-electron chi connectivity index (χ3n) is 3.93. The van der Waals surface area contributed by atoms with Gasteiger partial charge in [-0.15, -0.1) is 10.2 Å². The van der Waals surface area contributed by atoms with Crippen LogP contribution in [-0.2, 0) is 6.42 Å². The minimum Gasteiger partial charge on any atom is -0.316 e. The van der Waals surface area contributed by atoms with E-state index in [1.54, 1.807) is 11.3 Å². The van der Waals surface area contributed by atoms with Crippen LogP contribution in [0.4, 0.5) is 0 Å². The van der Waals surface area contributed by atoms with Gasteiger partial charge in [-0.3, -0.25) is 0 Å². The van der Waals surface area contributed by atoms with E-state index in [0.29, 0.717) is 5.92 Å². The fraction of sp³-hybridized carbons (Fsp3) is 0.750. The zero-order valence-corrected chi connectivity index (χ0v) is 11.1. The lowest BCUT2D eigenvalue weighted by Gasteiger charge is -2.04. The summed E-state index contributed by atoms with van der Waals surface area (Å²) < 4.78 is 1.98. The average Bonchev–Trinajstić information content (AvgIpc) is 2.80. The summed E-state index contributed by atoms with van der Waals surface area (Å²) in [7, 11) is 0. The maximum atomic E-state index is 4.68. The Morgan fingerprint density at radius 3 is 3.00 bits per heavy atom. The highest BCUT2D eigenvalue weighted by atomic mass is 32.1. The van der Waals surface area contributed by atoms with Crippen LogP contribution in [0, 0.1) is 5.92 Å². The van der Waals surface area contributed by atoms with Gasteiger partial charge in [0.25, 0.3) is 0 Å². The Labute approximate surface area is 110 Å². The number of aryl methyl sites for hydroxylation is 1. The van der Waals surface area contributed by atoms with Crippen molar-refractivity contribution in [1.29, 1.82) is 0 Å². The maximum Gasteiger partial charge on any atom is 0.234 e. The van der Waals surface area contributed by atoms with Crippen molar-refractivity contribution >= 4 is 16.3 Å². The predicted molar refractivity (Wildman–Crippen MR) is 69.9 cm³/mol. The molecule has 1 unspecified atom stereocenters. The Hall–Kier alpha value is -1.01. The van der Waals surface area contributed by atoms with Crippen molar-refractivity contribution in [2.45, 2.75) is 38.0 Å². The summed E-state index contributed by atoms with van der Waals surface area (Å²) >= 11 is 1.70. The molecule has 1 atom stereocenters. The van der Waals surface area contributed by atoms with Crippen molar-refractivity contribution in [2.75, 3.05) is 13.1 Å². The van der Waals surface area contributed by atoms with Gasteiger partial charge in [0.1, 0.15) is 5.01 Å². The van der Waals surface area contributed by atoms with Gasteiger partial charge in [0, 0.05) is 12.3 Å². The number of hydrogen-bond donors (Lipinski definition) is 1. The van der Waals surface area contributed by atoms with E-state index in [9.17, 15) is 0 Å². The van der Waals surface area contributed by atoms with Crippen molar-refractivity contribution in [3.8, 4) is 0 Å². The zero-order chi connectivity index (χ0) is 11.9. The van der Waals surface area contributed by atoms with Crippen LogP contribution in [0.5, 0.6) is 0 Å². The lowest BCUT2D eigenvalue weighted by molar-refractivity contribution is 0.530. The molecule has 0 amide bonds. The van der Waals surface area contributed by atoms with Crippen LogP contribution < -0.4 is 5.32 Å². The highest BCUT2D eigenvalue weighted by molar-refractivity contribution is 7.16. The number of nitrogens with one attached hydrogen (secondary N) is 1. The first kappa shape index (κ1) is 10.9. The third kappa shape index (κ3) is 1.93. The Bertz CT molecular complexity index is 550. The molecule has 96 valence electrons. The molecule has 2 aromatic rings. The molecule has 6 heteroatoms. The molecule has 2 aliphatic rings. The summed E-state index contributed by atoms with van der Waals surface area (Å²) in [5, 5.41) is 17.8. The first-order valence-corrected chi connectivity index (χ1v) is 7.63. The van der Waals surface area contributed by atoms with Gasteiger partial charge in [-0.25, -0.2) is 0 Å². The number of hydrogen-bond acceptors (Lipinski definition) is 5. The lowest BCUT2D eigenvalue weighted by atomic mass is 10.0. The summed E-state index contributed by atoms with van der Waals surface area (Å²) in [4.78, 5) is 0.969. The third-order valence-corrected chi connectivity index (χ3v) is 4.89. The number of fused-ring (bicyclic) bond motifs is 1. The summed E-state index contributed by atoms with van der Waals surface area (Å²) in [6, 6.07) is 0. The Balaban J connectivity index is 1.50. The molecule has 5 nitrogen and oxygen atoms in total. The van der Waals surface area contributed by atoms with E-state index < -0.39 is 0 Å². The molecule has 2 aromatic heterocycles. The zero-order valence-electron chi connectivity index (χ0n) is 10.3. The lowest BCUT2D eigenvalue weighted by Crippen LogP contribution is -2.09. The molecule has 1 saturated carbocycles. The first-order chi connectivity index (χ1) is 8.90. The standard InChI is InChI=1S/C12H17N5S/c1(8-5-6-13-7-8)4-10-16-17-11(9-2-3-9)14-15-12(17)18-10/h8-9,13H,1-7H2. The molecule has 0 spiro atoms. The second kappa shape index (κ2) is 4.28. The number of rotatable bonds is 4. The molecular formula is C12H17N5S. The molecular weight excluding hydrogens is 246 g/mol. The second-order valence-electron chi connectivity index (χ2n) is 5.42. The van der Waals surface area contributed by atoms with Crippen LogP contribution in [0.15, 0.2) is 0 Å². The van der Waals surface area contributed by atoms with E-state index in [0.717, 1.165) is 23.1 Å². The Kier molecular flexibility index (Phi) is 2.58. The van der Waals surface area contributed by atoms with E-state index in [-0.39, 0.29) is 0 Å². The molecule has 1 saturated heterocycles. The van der Waals surface area contributed by atoms with Crippen molar-refractivity contribution < 1.29 is 0 Å². The molecule has 3 heterocycles. The predicted octanol–water partition coefficient (Wildman–Crippen LogP) is 1.61. The summed E-state index contributed by atoms with van der Waals surface area (Å²) in [5.41, 5.74) is 0. The van der Waals surface area contributed by atoms with Gasteiger partial charge in [0.2, 0.25) is 4.96 Å². The van der Waals surface area contributed by atoms with Crippen LogP contribution in [0.3, 0.4) is 0 Å². The van der Waals surface area contributed by atoms with E-state index in [1.807, 2.05) is 4.52 Å². The quantitative estimate of drug-likeness (QED) is 0.910. The fourth-order valence-electron chi connectivity index (χ4n) is 2.66. The van der Waals surface area contributed by atoms with Gasteiger partial charge in [-0.2, -0.15) is 9.61 Å². The molecule has 4 rings (SSSR count). The van der Waals surface area contributed by atoms with E-state index in [1.165, 1.54) is 43.8 Å². The van der Waals surface area contributed by atoms with Crippen molar-refractivity contribution in [2.24, 2.45) is 5.92 Å². The Morgan fingerprint density at radius 2 is 2.22 bits per heavy atom.